The summed E-state index contributed by atoms with van der Waals surface area (Å²) in [5.41, 5.74) is -1.20. The number of aliphatic hydroxyl groups excluding tert-OH is 2. The molecule has 0 aromatic heterocycles. The van der Waals surface area contributed by atoms with Crippen LogP contribution in [-0.4, -0.2) is 28.5 Å². The van der Waals surface area contributed by atoms with Gasteiger partial charge in [-0.2, -0.15) is 0 Å². The summed E-state index contributed by atoms with van der Waals surface area (Å²) in [6.45, 7) is 4.58. The first-order valence-corrected chi connectivity index (χ1v) is 3.62. The van der Waals surface area contributed by atoms with Gasteiger partial charge < -0.3 is 10.2 Å². The predicted octanol–water partition coefficient (Wildman–Crippen LogP) is 0.495. The Kier molecular flexibility index (Phi) is 4.33. The minimum atomic E-state index is -1.20. The third-order valence-corrected chi connectivity index (χ3v) is 1.45. The van der Waals surface area contributed by atoms with E-state index in [-0.39, 0.29) is 13.0 Å². The first-order chi connectivity index (χ1) is 5.02. The lowest BCUT2D eigenvalue weighted by Crippen LogP contribution is -2.29. The summed E-state index contributed by atoms with van der Waals surface area (Å²) in [6, 6.07) is 0. The van der Waals surface area contributed by atoms with Crippen molar-refractivity contribution in [2.24, 2.45) is 0 Å². The molecule has 1 radical (unpaired) electrons. The van der Waals surface area contributed by atoms with Crippen LogP contribution < -0.4 is 0 Å². The van der Waals surface area contributed by atoms with Gasteiger partial charge in [-0.05, 0) is 13.3 Å². The Morgan fingerprint density at radius 2 is 2.27 bits per heavy atom. The van der Waals surface area contributed by atoms with Gasteiger partial charge in [0.15, 0.2) is 0 Å². The average molecular weight is 159 g/mol. The van der Waals surface area contributed by atoms with Crippen LogP contribution in [0.3, 0.4) is 0 Å². The standard InChI is InChI=1S/C8H15O3/c1-3-4-8(2,11)5-7(10)6-9/h3,7,9-10H,1,4-6H2,2H3. The number of hydrogen-bond acceptors (Lipinski definition) is 2. The van der Waals surface area contributed by atoms with Crippen LogP contribution in [0.2, 0.25) is 0 Å². The lowest BCUT2D eigenvalue weighted by Gasteiger charge is -2.20. The third-order valence-electron chi connectivity index (χ3n) is 1.45. The van der Waals surface area contributed by atoms with E-state index in [0.717, 1.165) is 0 Å². The Bertz CT molecular complexity index is 121. The number of hydrogen-bond donors (Lipinski definition) is 2. The summed E-state index contributed by atoms with van der Waals surface area (Å²) >= 11 is 0. The molecule has 2 atom stereocenters. The maximum absolute atomic E-state index is 11.3. The summed E-state index contributed by atoms with van der Waals surface area (Å²) in [4.78, 5) is 0. The van der Waals surface area contributed by atoms with Crippen molar-refractivity contribution in [1.82, 2.24) is 0 Å². The Labute approximate surface area is 67.0 Å². The van der Waals surface area contributed by atoms with E-state index in [1.54, 1.807) is 0 Å². The molecule has 3 nitrogen and oxygen atoms in total. The summed E-state index contributed by atoms with van der Waals surface area (Å²) in [7, 11) is 0. The van der Waals surface area contributed by atoms with E-state index in [1.807, 2.05) is 0 Å². The Hall–Kier alpha value is -0.380. The zero-order valence-corrected chi connectivity index (χ0v) is 6.79. The second-order valence-electron chi connectivity index (χ2n) is 2.98. The molecule has 0 spiro atoms. The molecule has 3 heteroatoms. The molecular weight excluding hydrogens is 144 g/mol. The van der Waals surface area contributed by atoms with Crippen molar-refractivity contribution < 1.29 is 15.3 Å². The maximum Gasteiger partial charge on any atom is 0.107 e. The van der Waals surface area contributed by atoms with Crippen LogP contribution in [0, 0.1) is 0 Å². The Morgan fingerprint density at radius 3 is 2.64 bits per heavy atom. The van der Waals surface area contributed by atoms with Gasteiger partial charge in [-0.1, -0.05) is 6.08 Å². The van der Waals surface area contributed by atoms with E-state index in [4.69, 9.17) is 10.2 Å². The van der Waals surface area contributed by atoms with Crippen LogP contribution in [0.1, 0.15) is 19.8 Å². The minimum Gasteiger partial charge on any atom is -0.394 e. The van der Waals surface area contributed by atoms with Gasteiger partial charge in [0, 0.05) is 6.42 Å². The highest BCUT2D eigenvalue weighted by Crippen LogP contribution is 2.17. The fraction of sp³-hybridized carbons (Fsp3) is 0.750. The SMILES string of the molecule is C=CCC(C)([O])CC(O)CO. The highest BCUT2D eigenvalue weighted by molar-refractivity contribution is 4.84. The van der Waals surface area contributed by atoms with Crippen LogP contribution >= 0.6 is 0 Å². The Balaban J connectivity index is 3.79. The van der Waals surface area contributed by atoms with Gasteiger partial charge in [-0.25, -0.2) is 5.11 Å². The summed E-state index contributed by atoms with van der Waals surface area (Å²) in [5, 5.41) is 28.7. The van der Waals surface area contributed by atoms with Crippen molar-refractivity contribution in [3.8, 4) is 0 Å². The van der Waals surface area contributed by atoms with Crippen molar-refractivity contribution in [3.05, 3.63) is 12.7 Å². The summed E-state index contributed by atoms with van der Waals surface area (Å²) in [6.07, 6.45) is 0.994. The van der Waals surface area contributed by atoms with Crippen LogP contribution in [0.15, 0.2) is 12.7 Å². The van der Waals surface area contributed by atoms with Gasteiger partial charge in [0.25, 0.3) is 0 Å². The molecule has 0 amide bonds. The van der Waals surface area contributed by atoms with Gasteiger partial charge in [-0.15, -0.1) is 6.58 Å². The second-order valence-corrected chi connectivity index (χ2v) is 2.98. The lowest BCUT2D eigenvalue weighted by atomic mass is 9.95. The molecule has 0 saturated heterocycles. The minimum absolute atomic E-state index is 0.0650. The second kappa shape index (κ2) is 4.49. The van der Waals surface area contributed by atoms with Gasteiger partial charge in [0.2, 0.25) is 0 Å². The fourth-order valence-corrected chi connectivity index (χ4v) is 0.952. The van der Waals surface area contributed by atoms with Crippen LogP contribution in [0.5, 0.6) is 0 Å². The number of aliphatic hydroxyl groups is 2. The van der Waals surface area contributed by atoms with E-state index in [0.29, 0.717) is 6.42 Å². The third kappa shape index (κ3) is 4.95. The van der Waals surface area contributed by atoms with E-state index in [2.05, 4.69) is 6.58 Å². The van der Waals surface area contributed by atoms with Crippen LogP contribution in [0.25, 0.3) is 0 Å². The highest BCUT2D eigenvalue weighted by atomic mass is 16.3. The first kappa shape index (κ1) is 10.6. The normalized spacial score (nSPS) is 18.9. The van der Waals surface area contributed by atoms with E-state index >= 15 is 0 Å². The van der Waals surface area contributed by atoms with Crippen molar-refractivity contribution in [2.45, 2.75) is 31.5 Å². The molecule has 0 aliphatic rings. The van der Waals surface area contributed by atoms with Crippen LogP contribution in [0.4, 0.5) is 0 Å². The highest BCUT2D eigenvalue weighted by Gasteiger charge is 2.24. The molecule has 65 valence electrons. The largest absolute Gasteiger partial charge is 0.394 e. The molecule has 0 bridgehead atoms. The van der Waals surface area contributed by atoms with Gasteiger partial charge in [-0.3, -0.25) is 0 Å². The fourth-order valence-electron chi connectivity index (χ4n) is 0.952. The molecule has 11 heavy (non-hydrogen) atoms. The van der Waals surface area contributed by atoms with Gasteiger partial charge in [0.1, 0.15) is 5.60 Å². The van der Waals surface area contributed by atoms with E-state index in [1.165, 1.54) is 13.0 Å². The molecule has 2 N–H and O–H groups in total. The topological polar surface area (TPSA) is 60.4 Å². The smallest absolute Gasteiger partial charge is 0.107 e. The molecule has 0 saturated carbocycles. The molecule has 0 aromatic carbocycles. The molecule has 0 aromatic rings. The quantitative estimate of drug-likeness (QED) is 0.574. The number of rotatable bonds is 5. The van der Waals surface area contributed by atoms with Gasteiger partial charge >= 0.3 is 0 Å². The van der Waals surface area contributed by atoms with Crippen molar-refractivity contribution in [1.29, 1.82) is 0 Å². The van der Waals surface area contributed by atoms with Crippen molar-refractivity contribution in [2.75, 3.05) is 6.61 Å². The van der Waals surface area contributed by atoms with Crippen LogP contribution in [-0.2, 0) is 5.11 Å². The van der Waals surface area contributed by atoms with Crippen molar-refractivity contribution >= 4 is 0 Å². The summed E-state index contributed by atoms with van der Waals surface area (Å²) < 4.78 is 0. The molecule has 0 heterocycles. The average Bonchev–Trinajstić information content (AvgIpc) is 1.86. The molecule has 0 aliphatic heterocycles. The Morgan fingerprint density at radius 1 is 1.73 bits per heavy atom. The molecule has 0 fully saturated rings. The van der Waals surface area contributed by atoms with E-state index in [9.17, 15) is 5.11 Å². The lowest BCUT2D eigenvalue weighted by molar-refractivity contribution is -0.0575. The molecular formula is C8H15O3. The summed E-state index contributed by atoms with van der Waals surface area (Å²) in [5.74, 6) is 0. The van der Waals surface area contributed by atoms with Gasteiger partial charge in [0.05, 0.1) is 12.7 Å². The zero-order chi connectivity index (χ0) is 8.91. The first-order valence-electron chi connectivity index (χ1n) is 3.62. The molecule has 2 unspecified atom stereocenters. The monoisotopic (exact) mass is 159 g/mol. The van der Waals surface area contributed by atoms with E-state index < -0.39 is 11.7 Å². The zero-order valence-electron chi connectivity index (χ0n) is 6.79. The molecule has 0 rings (SSSR count). The molecule has 0 aliphatic carbocycles. The maximum atomic E-state index is 11.3. The predicted molar refractivity (Wildman–Crippen MR) is 41.6 cm³/mol. The van der Waals surface area contributed by atoms with Crippen molar-refractivity contribution in [3.63, 3.8) is 0 Å².